The van der Waals surface area contributed by atoms with E-state index < -0.39 is 7.75 Å². The Labute approximate surface area is 93.8 Å². The van der Waals surface area contributed by atoms with Crippen LogP contribution < -0.4 is 4.89 Å². The first-order valence-electron chi connectivity index (χ1n) is 4.93. The van der Waals surface area contributed by atoms with Gasteiger partial charge in [0.2, 0.25) is 7.75 Å². The quantitative estimate of drug-likeness (QED) is 0.538. The lowest BCUT2D eigenvalue weighted by molar-refractivity contribution is -0.849. The molecule has 94 valence electrons. The van der Waals surface area contributed by atoms with E-state index >= 15 is 0 Å². The van der Waals surface area contributed by atoms with Crippen LogP contribution in [0.3, 0.4) is 0 Å². The van der Waals surface area contributed by atoms with Gasteiger partial charge in [0.25, 0.3) is 0 Å². The van der Waals surface area contributed by atoms with E-state index in [9.17, 15) is 9.46 Å². The molecular weight excluding hydrogens is 215 g/mol. The average Bonchev–Trinajstić information content (AvgIpc) is 1.97. The Bertz CT molecular complexity index is 196. The third kappa shape index (κ3) is 16.7. The van der Waals surface area contributed by atoms with Crippen LogP contribution in [0.1, 0.15) is 13.3 Å². The van der Waals surface area contributed by atoms with E-state index in [0.29, 0.717) is 6.42 Å². The lowest BCUT2D eigenvalue weighted by Gasteiger charge is -2.28. The highest BCUT2D eigenvalue weighted by molar-refractivity contribution is 7.48. The zero-order valence-corrected chi connectivity index (χ0v) is 11.9. The molecule has 0 saturated carbocycles. The van der Waals surface area contributed by atoms with E-state index in [1.165, 1.54) is 14.1 Å². The molecule has 0 heterocycles. The van der Waals surface area contributed by atoms with Crippen molar-refractivity contribution in [3.05, 3.63) is 0 Å². The van der Waals surface area contributed by atoms with Crippen LogP contribution in [0.4, 0.5) is 0 Å². The standard InChI is InChI=1S/C5H14NO3P.C4H12N/c1-4-5-9-10(7,8)6(2)3;1-5(2,3)4/h4-5H2,1-3H3,(H,7,8);1-4H3/q;+1/p-1. The molecule has 15 heavy (non-hydrogen) atoms. The summed E-state index contributed by atoms with van der Waals surface area (Å²) in [7, 11) is 7.70. The Balaban J connectivity index is 0. The molecule has 0 amide bonds. The molecule has 0 aromatic rings. The Morgan fingerprint density at radius 1 is 1.27 bits per heavy atom. The van der Waals surface area contributed by atoms with Crippen molar-refractivity contribution in [2.24, 2.45) is 0 Å². The van der Waals surface area contributed by atoms with E-state index in [2.05, 4.69) is 32.7 Å². The van der Waals surface area contributed by atoms with Gasteiger partial charge in [-0.1, -0.05) is 6.92 Å². The Morgan fingerprint density at radius 2 is 1.60 bits per heavy atom. The second kappa shape index (κ2) is 7.36. The summed E-state index contributed by atoms with van der Waals surface area (Å²) in [6, 6.07) is 0. The van der Waals surface area contributed by atoms with Crippen molar-refractivity contribution >= 4 is 7.75 Å². The summed E-state index contributed by atoms with van der Waals surface area (Å²) in [6.07, 6.45) is 0.708. The molecule has 0 saturated heterocycles. The minimum atomic E-state index is -3.70. The van der Waals surface area contributed by atoms with E-state index in [1.807, 2.05) is 6.92 Å². The highest BCUT2D eigenvalue weighted by atomic mass is 31.2. The van der Waals surface area contributed by atoms with Crippen molar-refractivity contribution in [3.63, 3.8) is 0 Å². The molecule has 6 heteroatoms. The molecule has 0 aliphatic carbocycles. The van der Waals surface area contributed by atoms with E-state index in [-0.39, 0.29) is 6.61 Å². The lowest BCUT2D eigenvalue weighted by atomic mass is 10.5. The second-order valence-electron chi connectivity index (χ2n) is 4.83. The first kappa shape index (κ1) is 17.5. The largest absolute Gasteiger partial charge is 0.766 e. The van der Waals surface area contributed by atoms with Gasteiger partial charge >= 0.3 is 0 Å². The number of hydrogen-bond donors (Lipinski definition) is 0. The number of rotatable bonds is 4. The van der Waals surface area contributed by atoms with Crippen molar-refractivity contribution in [3.8, 4) is 0 Å². The molecule has 1 unspecified atom stereocenters. The van der Waals surface area contributed by atoms with Gasteiger partial charge in [0.1, 0.15) is 0 Å². The first-order chi connectivity index (χ1) is 6.50. The van der Waals surface area contributed by atoms with Crippen LogP contribution in [0, 0.1) is 0 Å². The molecule has 1 atom stereocenters. The molecule has 0 aromatic carbocycles. The van der Waals surface area contributed by atoms with Crippen molar-refractivity contribution in [2.75, 3.05) is 48.9 Å². The fourth-order valence-electron chi connectivity index (χ4n) is 0.322. The van der Waals surface area contributed by atoms with E-state index in [1.54, 1.807) is 0 Å². The predicted octanol–water partition coefficient (Wildman–Crippen LogP) is 0.765. The minimum Gasteiger partial charge on any atom is -0.766 e. The number of quaternary nitrogens is 1. The van der Waals surface area contributed by atoms with Crippen LogP contribution in [0.25, 0.3) is 0 Å². The summed E-state index contributed by atoms with van der Waals surface area (Å²) in [5.41, 5.74) is 0. The van der Waals surface area contributed by atoms with Gasteiger partial charge in [-0.15, -0.1) is 0 Å². The van der Waals surface area contributed by atoms with E-state index in [0.717, 1.165) is 9.15 Å². The summed E-state index contributed by atoms with van der Waals surface area (Å²) < 4.78 is 17.5. The summed E-state index contributed by atoms with van der Waals surface area (Å²) in [4.78, 5) is 10.8. The molecule has 5 nitrogen and oxygen atoms in total. The Kier molecular flexibility index (Phi) is 8.57. The highest BCUT2D eigenvalue weighted by Gasteiger charge is 2.09. The van der Waals surface area contributed by atoms with Crippen molar-refractivity contribution in [2.45, 2.75) is 13.3 Å². The number of hydrogen-bond acceptors (Lipinski definition) is 3. The molecular formula is C9H25N2O3P. The van der Waals surface area contributed by atoms with E-state index in [4.69, 9.17) is 0 Å². The molecule has 0 N–H and O–H groups in total. The van der Waals surface area contributed by atoms with Gasteiger partial charge in [-0.25, -0.2) is 4.67 Å². The molecule has 0 bridgehead atoms. The maximum absolute atomic E-state index is 10.8. The van der Waals surface area contributed by atoms with Crippen molar-refractivity contribution < 1.29 is 18.5 Å². The Hall–Kier alpha value is 0.0700. The maximum Gasteiger partial charge on any atom is 0.206 e. The second-order valence-corrected chi connectivity index (χ2v) is 6.83. The third-order valence-corrected chi connectivity index (χ3v) is 2.44. The molecule has 0 radical (unpaired) electrons. The van der Waals surface area contributed by atoms with Gasteiger partial charge in [-0.3, -0.25) is 4.57 Å². The SMILES string of the molecule is CCCOP(=O)([O-])N(C)C.C[N+](C)(C)C. The molecule has 0 aliphatic rings. The Morgan fingerprint density at radius 3 is 1.80 bits per heavy atom. The fraction of sp³-hybridized carbons (Fsp3) is 1.00. The van der Waals surface area contributed by atoms with Crippen LogP contribution in [0.5, 0.6) is 0 Å². The zero-order chi connectivity index (χ0) is 12.7. The van der Waals surface area contributed by atoms with Gasteiger partial charge < -0.3 is 13.9 Å². The van der Waals surface area contributed by atoms with Gasteiger partial charge in [-0.2, -0.15) is 0 Å². The molecule has 0 aliphatic heterocycles. The lowest BCUT2D eigenvalue weighted by Crippen LogP contribution is -2.27. The monoisotopic (exact) mass is 240 g/mol. The van der Waals surface area contributed by atoms with Crippen LogP contribution in [0.15, 0.2) is 0 Å². The van der Waals surface area contributed by atoms with Crippen LogP contribution >= 0.6 is 7.75 Å². The summed E-state index contributed by atoms with van der Waals surface area (Å²) in [5, 5.41) is 0. The van der Waals surface area contributed by atoms with Gasteiger partial charge in [0.05, 0.1) is 34.8 Å². The molecule has 0 spiro atoms. The van der Waals surface area contributed by atoms with Gasteiger partial charge in [0.15, 0.2) is 0 Å². The van der Waals surface area contributed by atoms with Gasteiger partial charge in [0, 0.05) is 0 Å². The van der Waals surface area contributed by atoms with Crippen molar-refractivity contribution in [1.29, 1.82) is 0 Å². The predicted molar refractivity (Wildman–Crippen MR) is 61.5 cm³/mol. The van der Waals surface area contributed by atoms with Crippen LogP contribution in [-0.2, 0) is 9.09 Å². The smallest absolute Gasteiger partial charge is 0.206 e. The summed E-state index contributed by atoms with van der Waals surface area (Å²) in [6.45, 7) is 2.12. The third-order valence-electron chi connectivity index (χ3n) is 0.948. The topological polar surface area (TPSA) is 52.6 Å². The van der Waals surface area contributed by atoms with Gasteiger partial charge in [-0.05, 0) is 20.5 Å². The first-order valence-corrected chi connectivity index (χ1v) is 6.42. The summed E-state index contributed by atoms with van der Waals surface area (Å²) >= 11 is 0. The number of nitrogens with zero attached hydrogens (tertiary/aromatic N) is 2. The normalized spacial score (nSPS) is 15.5. The summed E-state index contributed by atoms with van der Waals surface area (Å²) in [5.74, 6) is 0. The highest BCUT2D eigenvalue weighted by Crippen LogP contribution is 2.38. The average molecular weight is 240 g/mol. The minimum absolute atomic E-state index is 0.263. The van der Waals surface area contributed by atoms with Crippen molar-refractivity contribution in [1.82, 2.24) is 4.67 Å². The fourth-order valence-corrected chi connectivity index (χ4v) is 0.966. The molecule has 0 rings (SSSR count). The van der Waals surface area contributed by atoms with Crippen LogP contribution in [0.2, 0.25) is 0 Å². The van der Waals surface area contributed by atoms with Crippen LogP contribution in [-0.4, -0.2) is 58.0 Å². The maximum atomic E-state index is 10.8. The zero-order valence-electron chi connectivity index (χ0n) is 11.0. The molecule has 0 aromatic heterocycles. The molecule has 0 fully saturated rings.